The largest absolute Gasteiger partial charge is 0.264 e. The molecule has 74 valence electrons. The molecule has 0 spiro atoms. The third kappa shape index (κ3) is 3.43. The van der Waals surface area contributed by atoms with Gasteiger partial charge in [0, 0.05) is 0 Å². The minimum absolute atomic E-state index is 1.10. The molecule has 13 heavy (non-hydrogen) atoms. The van der Waals surface area contributed by atoms with Crippen molar-refractivity contribution in [1.29, 1.82) is 0 Å². The van der Waals surface area contributed by atoms with Crippen LogP contribution in [0.5, 0.6) is 0 Å². The Labute approximate surface area is 84.7 Å². The second-order valence-corrected chi connectivity index (χ2v) is 4.37. The average molecular weight is 199 g/mol. The van der Waals surface area contributed by atoms with Gasteiger partial charge in [-0.2, -0.15) is 0 Å². The molecule has 1 rings (SSSR count). The van der Waals surface area contributed by atoms with Crippen LogP contribution in [0.3, 0.4) is 0 Å². The van der Waals surface area contributed by atoms with Gasteiger partial charge < -0.3 is 0 Å². The highest BCUT2D eigenvalue weighted by molar-refractivity contribution is 7.98. The molecule has 0 saturated heterocycles. The van der Waals surface area contributed by atoms with Crippen LogP contribution >= 0.6 is 11.8 Å². The van der Waals surface area contributed by atoms with Crippen LogP contribution in [0.25, 0.3) is 0 Å². The number of aromatic amines is 1. The fourth-order valence-corrected chi connectivity index (χ4v) is 1.90. The molecule has 1 N–H and O–H groups in total. The summed E-state index contributed by atoms with van der Waals surface area (Å²) in [4.78, 5) is 3.29. The summed E-state index contributed by atoms with van der Waals surface area (Å²) in [5.41, 5.74) is 0. The molecule has 0 radical (unpaired) electrons. The molecule has 0 amide bonds. The summed E-state index contributed by atoms with van der Waals surface area (Å²) < 4.78 is 2.33. The lowest BCUT2D eigenvalue weighted by Gasteiger charge is -1.98. The lowest BCUT2D eigenvalue weighted by atomic mass is 10.3. The second-order valence-electron chi connectivity index (χ2n) is 3.09. The minimum Gasteiger partial charge on any atom is -0.247 e. The van der Waals surface area contributed by atoms with Crippen LogP contribution < -0.4 is 4.57 Å². The number of unbranched alkanes of at least 4 members (excludes halogenated alkanes) is 1. The number of imidazole rings is 1. The highest BCUT2D eigenvalue weighted by Gasteiger charge is 2.08. The fourth-order valence-electron chi connectivity index (χ4n) is 1.26. The van der Waals surface area contributed by atoms with Gasteiger partial charge in [-0.05, 0) is 12.2 Å². The maximum atomic E-state index is 3.29. The van der Waals surface area contributed by atoms with Crippen molar-refractivity contribution in [3.05, 3.63) is 18.2 Å². The summed E-state index contributed by atoms with van der Waals surface area (Å²) in [5, 5.41) is 0. The first-order chi connectivity index (χ1) is 6.38. The van der Waals surface area contributed by atoms with E-state index >= 15 is 0 Å². The first-order valence-electron chi connectivity index (χ1n) is 5.02. The monoisotopic (exact) mass is 199 g/mol. The predicted molar refractivity (Wildman–Crippen MR) is 57.7 cm³/mol. The van der Waals surface area contributed by atoms with Crippen molar-refractivity contribution in [2.75, 3.05) is 5.75 Å². The lowest BCUT2D eigenvalue weighted by molar-refractivity contribution is -0.702. The van der Waals surface area contributed by atoms with Crippen LogP contribution in [0.15, 0.2) is 12.4 Å². The number of hydrogen-bond acceptors (Lipinski definition) is 1. The number of hydrogen-bond donors (Lipinski definition) is 1. The molecular weight excluding hydrogens is 180 g/mol. The molecule has 0 saturated carbocycles. The van der Waals surface area contributed by atoms with E-state index in [1.807, 2.05) is 18.0 Å². The number of nitrogens with zero attached hydrogens (tertiary/aromatic N) is 1. The number of nitrogens with one attached hydrogen (secondary N) is 1. The zero-order valence-corrected chi connectivity index (χ0v) is 9.36. The van der Waals surface area contributed by atoms with Gasteiger partial charge in [0.2, 0.25) is 0 Å². The maximum Gasteiger partial charge on any atom is 0.264 e. The van der Waals surface area contributed by atoms with E-state index in [1.54, 1.807) is 0 Å². The number of rotatable bonds is 6. The molecule has 0 fully saturated rings. The number of thioether (sulfide) groups is 1. The van der Waals surface area contributed by atoms with E-state index in [4.69, 9.17) is 0 Å². The molecule has 0 aliphatic rings. The summed E-state index contributed by atoms with van der Waals surface area (Å²) in [5.74, 6) is 3.64. The van der Waals surface area contributed by atoms with Crippen molar-refractivity contribution < 1.29 is 4.57 Å². The van der Waals surface area contributed by atoms with Gasteiger partial charge in [-0.1, -0.05) is 20.3 Å². The molecule has 0 unspecified atom stereocenters. The highest BCUT2D eigenvalue weighted by Crippen LogP contribution is 2.05. The molecule has 0 bridgehead atoms. The number of aryl methyl sites for hydroxylation is 1. The van der Waals surface area contributed by atoms with Gasteiger partial charge in [-0.15, -0.1) is 11.8 Å². The van der Waals surface area contributed by atoms with Crippen molar-refractivity contribution in [3.8, 4) is 0 Å². The van der Waals surface area contributed by atoms with Crippen LogP contribution in [0, 0.1) is 0 Å². The Morgan fingerprint density at radius 1 is 1.46 bits per heavy atom. The van der Waals surface area contributed by atoms with Crippen LogP contribution in [0.1, 0.15) is 32.5 Å². The SMILES string of the molecule is CCCC[n+]1cc[nH]c1CSCC. The standard InChI is InChI=1S/C10H18N2S/c1-3-5-7-12-8-6-11-10(12)9-13-4-2/h6,8H,3-5,7,9H2,1-2H3/p+1. The number of aromatic nitrogens is 2. The quantitative estimate of drug-likeness (QED) is 0.697. The third-order valence-electron chi connectivity index (χ3n) is 2.05. The zero-order valence-electron chi connectivity index (χ0n) is 8.55. The molecule has 2 nitrogen and oxygen atoms in total. The second kappa shape index (κ2) is 6.08. The molecule has 0 aliphatic carbocycles. The molecule has 0 aliphatic heterocycles. The van der Waals surface area contributed by atoms with Gasteiger partial charge in [0.05, 0.1) is 12.3 Å². The molecule has 0 aromatic carbocycles. The molecule has 1 aromatic heterocycles. The van der Waals surface area contributed by atoms with E-state index in [9.17, 15) is 0 Å². The van der Waals surface area contributed by atoms with Crippen LogP contribution in [0.4, 0.5) is 0 Å². The highest BCUT2D eigenvalue weighted by atomic mass is 32.2. The zero-order chi connectivity index (χ0) is 9.52. The van der Waals surface area contributed by atoms with Crippen LogP contribution in [-0.2, 0) is 12.3 Å². The summed E-state index contributed by atoms with van der Waals surface area (Å²) in [7, 11) is 0. The maximum absolute atomic E-state index is 3.29. The van der Waals surface area contributed by atoms with Gasteiger partial charge in [0.15, 0.2) is 0 Å². The van der Waals surface area contributed by atoms with Crippen molar-refractivity contribution in [3.63, 3.8) is 0 Å². The Morgan fingerprint density at radius 2 is 2.31 bits per heavy atom. The topological polar surface area (TPSA) is 19.7 Å². The van der Waals surface area contributed by atoms with Crippen molar-refractivity contribution in [2.45, 2.75) is 39.0 Å². The molecule has 1 aromatic rings. The van der Waals surface area contributed by atoms with Gasteiger partial charge >= 0.3 is 0 Å². The van der Waals surface area contributed by atoms with E-state index in [0.29, 0.717) is 0 Å². The van der Waals surface area contributed by atoms with Crippen molar-refractivity contribution in [1.82, 2.24) is 4.98 Å². The van der Waals surface area contributed by atoms with Crippen LogP contribution in [-0.4, -0.2) is 10.7 Å². The molecule has 0 atom stereocenters. The van der Waals surface area contributed by atoms with Gasteiger partial charge in [-0.25, -0.2) is 9.55 Å². The first-order valence-corrected chi connectivity index (χ1v) is 6.17. The Kier molecular flexibility index (Phi) is 4.98. The van der Waals surface area contributed by atoms with E-state index < -0.39 is 0 Å². The number of H-pyrrole nitrogens is 1. The molecule has 3 heteroatoms. The smallest absolute Gasteiger partial charge is 0.247 e. The van der Waals surface area contributed by atoms with E-state index in [1.165, 1.54) is 24.4 Å². The normalized spacial score (nSPS) is 10.6. The van der Waals surface area contributed by atoms with Crippen molar-refractivity contribution >= 4 is 11.8 Å². The summed E-state index contributed by atoms with van der Waals surface area (Å²) in [6, 6.07) is 0. The minimum atomic E-state index is 1.10. The summed E-state index contributed by atoms with van der Waals surface area (Å²) in [6.07, 6.45) is 6.70. The Balaban J connectivity index is 2.45. The van der Waals surface area contributed by atoms with E-state index in [2.05, 4.69) is 29.6 Å². The van der Waals surface area contributed by atoms with Crippen LogP contribution in [0.2, 0.25) is 0 Å². The average Bonchev–Trinajstić information content (AvgIpc) is 2.59. The summed E-state index contributed by atoms with van der Waals surface area (Å²) in [6.45, 7) is 5.58. The Hall–Kier alpha value is -0.440. The van der Waals surface area contributed by atoms with Gasteiger partial charge in [0.25, 0.3) is 5.82 Å². The van der Waals surface area contributed by atoms with Gasteiger partial charge in [-0.3, -0.25) is 0 Å². The van der Waals surface area contributed by atoms with Gasteiger partial charge in [0.1, 0.15) is 12.4 Å². The lowest BCUT2D eigenvalue weighted by Crippen LogP contribution is -2.35. The summed E-state index contributed by atoms with van der Waals surface area (Å²) >= 11 is 1.96. The third-order valence-corrected chi connectivity index (χ3v) is 2.93. The molecule has 1 heterocycles. The van der Waals surface area contributed by atoms with Crippen molar-refractivity contribution in [2.24, 2.45) is 0 Å². The van der Waals surface area contributed by atoms with E-state index in [0.717, 1.165) is 12.3 Å². The predicted octanol–water partition coefficient (Wildman–Crippen LogP) is 2.36. The fraction of sp³-hybridized carbons (Fsp3) is 0.700. The van der Waals surface area contributed by atoms with E-state index in [-0.39, 0.29) is 0 Å². The Bertz CT molecular complexity index is 210. The molecular formula is C10H19N2S+. The Morgan fingerprint density at radius 3 is 3.00 bits per heavy atom. The first kappa shape index (κ1) is 10.6.